The Morgan fingerprint density at radius 3 is 2.59 bits per heavy atom. The number of rotatable bonds is 3. The molecule has 22 heavy (non-hydrogen) atoms. The first-order valence-corrected chi connectivity index (χ1v) is 7.88. The number of nitrogens with zero attached hydrogens (tertiary/aromatic N) is 1. The Bertz CT molecular complexity index is 550. The summed E-state index contributed by atoms with van der Waals surface area (Å²) in [5.74, 6) is -1.29. The average Bonchev–Trinajstić information content (AvgIpc) is 2.41. The number of esters is 2. The van der Waals surface area contributed by atoms with Crippen LogP contribution < -0.4 is 0 Å². The normalized spacial score (nSPS) is 24.6. The van der Waals surface area contributed by atoms with Crippen molar-refractivity contribution >= 4 is 29.6 Å². The van der Waals surface area contributed by atoms with Crippen LogP contribution in [-0.2, 0) is 23.9 Å². The molecule has 0 aromatic rings. The number of carbonyl (C=O) groups excluding carboxylic acids is 3. The number of ether oxygens (including phenoxy) is 2. The zero-order valence-corrected chi connectivity index (χ0v) is 13.7. The molecule has 0 radical (unpaired) electrons. The monoisotopic (exact) mass is 329 g/mol. The largest absolute Gasteiger partial charge is 0.461 e. The number of aliphatic hydroxyl groups excluding tert-OH is 1. The highest BCUT2D eigenvalue weighted by Gasteiger charge is 2.53. The quantitative estimate of drug-likeness (QED) is 0.592. The Morgan fingerprint density at radius 2 is 2.05 bits per heavy atom. The van der Waals surface area contributed by atoms with Crippen LogP contribution in [0.25, 0.3) is 0 Å². The number of hydrogen-bond acceptors (Lipinski definition) is 7. The van der Waals surface area contributed by atoms with Crippen molar-refractivity contribution in [2.24, 2.45) is 0 Å². The predicted octanol–water partition coefficient (Wildman–Crippen LogP) is 0.421. The first-order valence-electron chi connectivity index (χ1n) is 6.83. The van der Waals surface area contributed by atoms with E-state index in [1.54, 1.807) is 20.8 Å². The minimum absolute atomic E-state index is 0.0789. The summed E-state index contributed by atoms with van der Waals surface area (Å²) >= 11 is 1.32. The van der Waals surface area contributed by atoms with E-state index in [1.165, 1.54) is 23.6 Å². The van der Waals surface area contributed by atoms with Gasteiger partial charge in [-0.2, -0.15) is 0 Å². The van der Waals surface area contributed by atoms with E-state index in [9.17, 15) is 19.5 Å². The molecule has 2 rings (SSSR count). The van der Waals surface area contributed by atoms with Crippen LogP contribution in [-0.4, -0.2) is 57.3 Å². The van der Waals surface area contributed by atoms with Crippen molar-refractivity contribution in [2.75, 3.05) is 12.4 Å². The summed E-state index contributed by atoms with van der Waals surface area (Å²) in [5.41, 5.74) is -0.135. The Balaban J connectivity index is 2.30. The van der Waals surface area contributed by atoms with Crippen LogP contribution in [0.4, 0.5) is 0 Å². The van der Waals surface area contributed by atoms with Crippen molar-refractivity contribution in [3.8, 4) is 0 Å². The van der Waals surface area contributed by atoms with Gasteiger partial charge in [-0.05, 0) is 20.8 Å². The van der Waals surface area contributed by atoms with Crippen molar-refractivity contribution in [1.29, 1.82) is 0 Å². The molecular formula is C14H19NO6S. The van der Waals surface area contributed by atoms with Gasteiger partial charge in [0.2, 0.25) is 0 Å². The molecule has 0 bridgehead atoms. The van der Waals surface area contributed by atoms with E-state index < -0.39 is 34.9 Å². The predicted molar refractivity (Wildman–Crippen MR) is 78.6 cm³/mol. The molecular weight excluding hydrogens is 310 g/mol. The number of hydrogen-bond donors (Lipinski definition) is 1. The second-order valence-corrected chi connectivity index (χ2v) is 7.19. The van der Waals surface area contributed by atoms with E-state index in [4.69, 9.17) is 9.47 Å². The molecule has 0 aromatic heterocycles. The fourth-order valence-corrected chi connectivity index (χ4v) is 3.39. The minimum Gasteiger partial charge on any atom is -0.461 e. The molecule has 2 aliphatic rings. The molecule has 0 spiro atoms. The summed E-state index contributed by atoms with van der Waals surface area (Å²) in [6.45, 7) is 6.35. The van der Waals surface area contributed by atoms with Gasteiger partial charge in [-0.1, -0.05) is 0 Å². The van der Waals surface area contributed by atoms with Crippen LogP contribution in [0.1, 0.15) is 27.7 Å². The van der Waals surface area contributed by atoms with Crippen molar-refractivity contribution < 1.29 is 29.0 Å². The number of β-lactam (4-membered cyclic amide) rings is 1. The Morgan fingerprint density at radius 1 is 1.41 bits per heavy atom. The maximum absolute atomic E-state index is 12.4. The molecule has 2 heterocycles. The van der Waals surface area contributed by atoms with Crippen LogP contribution in [0.3, 0.4) is 0 Å². The molecule has 1 N–H and O–H groups in total. The maximum atomic E-state index is 12.4. The van der Waals surface area contributed by atoms with Gasteiger partial charge in [0.05, 0.1) is 0 Å². The summed E-state index contributed by atoms with van der Waals surface area (Å²) < 4.78 is 10.3. The molecule has 122 valence electrons. The molecule has 1 fully saturated rings. The van der Waals surface area contributed by atoms with Crippen LogP contribution in [0.15, 0.2) is 11.3 Å². The number of fused-ring (bicyclic) bond motifs is 1. The highest BCUT2D eigenvalue weighted by atomic mass is 32.2. The fraction of sp³-hybridized carbons (Fsp3) is 0.643. The lowest BCUT2D eigenvalue weighted by atomic mass is 10.1. The third-order valence-corrected chi connectivity index (χ3v) is 4.39. The van der Waals surface area contributed by atoms with Gasteiger partial charge in [0, 0.05) is 18.2 Å². The van der Waals surface area contributed by atoms with E-state index in [0.717, 1.165) is 0 Å². The van der Waals surface area contributed by atoms with Crippen LogP contribution in [0.2, 0.25) is 0 Å². The van der Waals surface area contributed by atoms with Gasteiger partial charge >= 0.3 is 11.9 Å². The molecule has 1 amide bonds. The van der Waals surface area contributed by atoms with E-state index >= 15 is 0 Å². The van der Waals surface area contributed by atoms with Crippen molar-refractivity contribution in [3.05, 3.63) is 11.3 Å². The van der Waals surface area contributed by atoms with Gasteiger partial charge in [-0.3, -0.25) is 14.5 Å². The van der Waals surface area contributed by atoms with Crippen LogP contribution >= 0.6 is 11.8 Å². The van der Waals surface area contributed by atoms with Gasteiger partial charge in [0.15, 0.2) is 6.10 Å². The summed E-state index contributed by atoms with van der Waals surface area (Å²) in [6, 6.07) is 0. The van der Waals surface area contributed by atoms with E-state index in [1.807, 2.05) is 0 Å². The number of aliphatic hydroxyl groups is 1. The van der Waals surface area contributed by atoms with Gasteiger partial charge in [-0.15, -0.1) is 11.8 Å². The third kappa shape index (κ3) is 3.27. The summed E-state index contributed by atoms with van der Waals surface area (Å²) in [4.78, 5) is 36.5. The highest BCUT2D eigenvalue weighted by Crippen LogP contribution is 2.40. The molecule has 1 unspecified atom stereocenters. The third-order valence-electron chi connectivity index (χ3n) is 3.06. The van der Waals surface area contributed by atoms with E-state index in [2.05, 4.69) is 0 Å². The smallest absolute Gasteiger partial charge is 0.355 e. The lowest BCUT2D eigenvalue weighted by Gasteiger charge is -2.47. The van der Waals surface area contributed by atoms with Crippen molar-refractivity contribution in [1.82, 2.24) is 4.90 Å². The standard InChI is InChI=1S/C14H19NO6S/c1-7(16)20-5-8-6-22-12-10(17)11(18)15(12)9(8)13(19)21-14(2,3)4/h10,12,17H,5-6H2,1-4H3/t10-,12?/m0/s1. The van der Waals surface area contributed by atoms with Gasteiger partial charge in [0.1, 0.15) is 23.3 Å². The molecule has 8 heteroatoms. The molecule has 1 saturated heterocycles. The van der Waals surface area contributed by atoms with Gasteiger partial charge in [-0.25, -0.2) is 4.79 Å². The molecule has 0 aromatic carbocycles. The van der Waals surface area contributed by atoms with E-state index in [-0.39, 0.29) is 12.3 Å². The summed E-state index contributed by atoms with van der Waals surface area (Å²) in [6.07, 6.45) is -1.11. The van der Waals surface area contributed by atoms with Crippen molar-refractivity contribution in [2.45, 2.75) is 44.8 Å². The number of amides is 1. The molecule has 2 atom stereocenters. The molecule has 7 nitrogen and oxygen atoms in total. The topological polar surface area (TPSA) is 93.1 Å². The second-order valence-electron chi connectivity index (χ2n) is 6.09. The fourth-order valence-electron chi connectivity index (χ4n) is 2.14. The average molecular weight is 329 g/mol. The number of thioether (sulfide) groups is 1. The zero-order chi connectivity index (χ0) is 16.7. The zero-order valence-electron chi connectivity index (χ0n) is 12.9. The Labute approximate surface area is 132 Å². The van der Waals surface area contributed by atoms with E-state index in [0.29, 0.717) is 11.3 Å². The van der Waals surface area contributed by atoms with Gasteiger partial charge in [0.25, 0.3) is 5.91 Å². The molecule has 0 saturated carbocycles. The van der Waals surface area contributed by atoms with Crippen molar-refractivity contribution in [3.63, 3.8) is 0 Å². The second kappa shape index (κ2) is 5.92. The first kappa shape index (κ1) is 16.8. The molecule has 0 aliphatic carbocycles. The Kier molecular flexibility index (Phi) is 4.53. The number of carbonyl (C=O) groups is 3. The maximum Gasteiger partial charge on any atom is 0.355 e. The Hall–Kier alpha value is -1.54. The first-order chi connectivity index (χ1) is 10.1. The highest BCUT2D eigenvalue weighted by molar-refractivity contribution is 8.00. The van der Waals surface area contributed by atoms with Crippen LogP contribution in [0.5, 0.6) is 0 Å². The SMILES string of the molecule is CC(=O)OCC1=C(C(=O)OC(C)(C)C)N2C(=O)[C@H](O)C2SC1. The molecule has 2 aliphatic heterocycles. The minimum atomic E-state index is -1.11. The summed E-state index contributed by atoms with van der Waals surface area (Å²) in [7, 11) is 0. The lowest BCUT2D eigenvalue weighted by Crippen LogP contribution is -2.65. The van der Waals surface area contributed by atoms with Gasteiger partial charge < -0.3 is 14.6 Å². The lowest BCUT2D eigenvalue weighted by molar-refractivity contribution is -0.164. The summed E-state index contributed by atoms with van der Waals surface area (Å²) in [5, 5.41) is 9.19. The van der Waals surface area contributed by atoms with Crippen LogP contribution in [0, 0.1) is 0 Å².